The maximum Gasteiger partial charge on any atom is 0.335 e. The number of carboxylic acid groups (broad SMARTS) is 2. The average molecular weight is 755 g/mol. The first-order chi connectivity index (χ1) is 27.2. The van der Waals surface area contributed by atoms with Gasteiger partial charge in [0.1, 0.15) is 12.2 Å². The number of unbranched alkanes of at least 4 members (excludes halogenated alkanes) is 4. The van der Waals surface area contributed by atoms with Gasteiger partial charge < -0.3 is 30.4 Å². The fraction of sp³-hybridized carbons (Fsp3) is 0.304. The summed E-state index contributed by atoms with van der Waals surface area (Å²) in [7, 11) is 0. The number of aliphatic hydroxyl groups excluding tert-OH is 2. The molecule has 5 heterocycles. The van der Waals surface area contributed by atoms with E-state index < -0.39 is 24.1 Å². The van der Waals surface area contributed by atoms with Crippen LogP contribution in [-0.2, 0) is 12.8 Å². The third-order valence-electron chi connectivity index (χ3n) is 10.3. The first-order valence-electron chi connectivity index (χ1n) is 19.7. The van der Waals surface area contributed by atoms with Crippen LogP contribution in [0.4, 0.5) is 0 Å². The van der Waals surface area contributed by atoms with Crippen LogP contribution in [0, 0.1) is 0 Å². The Morgan fingerprint density at radius 3 is 1.61 bits per heavy atom. The molecule has 0 spiro atoms. The second-order valence-corrected chi connectivity index (χ2v) is 13.9. The van der Waals surface area contributed by atoms with E-state index in [1.165, 1.54) is 12.1 Å². The van der Waals surface area contributed by atoms with Crippen molar-refractivity contribution in [2.24, 2.45) is 0 Å². The zero-order valence-corrected chi connectivity index (χ0v) is 32.4. The lowest BCUT2D eigenvalue weighted by molar-refractivity contribution is 0.0252. The van der Waals surface area contributed by atoms with E-state index in [-0.39, 0.29) is 16.8 Å². The molecule has 2 atom stereocenters. The molecule has 7 rings (SSSR count). The number of aromatic carboxylic acids is 2. The van der Waals surface area contributed by atoms with Crippen molar-refractivity contribution in [1.82, 2.24) is 19.9 Å². The minimum atomic E-state index is -1.35. The van der Waals surface area contributed by atoms with Gasteiger partial charge in [-0.2, -0.15) is 0 Å². The van der Waals surface area contributed by atoms with E-state index >= 15 is 0 Å². The third-order valence-corrected chi connectivity index (χ3v) is 10.3. The van der Waals surface area contributed by atoms with Crippen molar-refractivity contribution in [2.45, 2.75) is 91.3 Å². The van der Waals surface area contributed by atoms with E-state index in [1.807, 2.05) is 50.3 Å². The minimum Gasteiger partial charge on any atom is -0.478 e. The Morgan fingerprint density at radius 2 is 1.04 bits per heavy atom. The highest BCUT2D eigenvalue weighted by atomic mass is 16.4. The normalized spacial score (nSPS) is 14.7. The van der Waals surface area contributed by atoms with Crippen LogP contribution in [0.5, 0.6) is 0 Å². The standard InChI is InChI=1S/C44H44N4O6.C2H6/c1-3-5-7-8-10-29-31-19-22-34(45-31)37(25-11-15-27(16-12-25)43(51)52)35-23-21-33(47-35)30(9-6-4-2)39-41(49)42(50)40(48-39)38(36-24-20-32(29)46-36)26-13-17-28(18-14-26)44(53)54;1-2/h11-24,41-42,46-47,49-50H,3-10H2,1-2H3,(H,51,52)(H,53,54);1-2H3/t41-,42+;/m0./s1. The molecular formula is C46H50N4O6. The van der Waals surface area contributed by atoms with Crippen molar-refractivity contribution < 1.29 is 30.0 Å². The molecule has 0 saturated carbocycles. The fourth-order valence-electron chi connectivity index (χ4n) is 7.44. The Bertz CT molecular complexity index is 2410. The van der Waals surface area contributed by atoms with E-state index in [0.29, 0.717) is 28.8 Å². The number of rotatable bonds is 12. The van der Waals surface area contributed by atoms with Crippen LogP contribution in [-0.4, -0.2) is 52.3 Å². The Hall–Kier alpha value is -5.84. The molecule has 2 aliphatic rings. The summed E-state index contributed by atoms with van der Waals surface area (Å²) in [5, 5.41) is 42.7. The first-order valence-corrected chi connectivity index (χ1v) is 19.7. The average Bonchev–Trinajstić information content (AvgIpc) is 4.04. The van der Waals surface area contributed by atoms with Crippen molar-refractivity contribution in [3.63, 3.8) is 0 Å². The van der Waals surface area contributed by atoms with Crippen LogP contribution in [0.2, 0.25) is 0 Å². The second kappa shape index (κ2) is 17.7. The molecule has 290 valence electrons. The molecule has 0 unspecified atom stereocenters. The van der Waals surface area contributed by atoms with E-state index in [2.05, 4.69) is 23.8 Å². The Morgan fingerprint density at radius 1 is 0.554 bits per heavy atom. The molecule has 0 saturated heterocycles. The van der Waals surface area contributed by atoms with Crippen molar-refractivity contribution in [3.8, 4) is 22.3 Å². The molecule has 8 bridgehead atoms. The van der Waals surface area contributed by atoms with Gasteiger partial charge >= 0.3 is 11.9 Å². The van der Waals surface area contributed by atoms with E-state index in [9.17, 15) is 30.0 Å². The molecule has 10 heteroatoms. The topological polar surface area (TPSA) is 172 Å². The number of carboxylic acids is 2. The lowest BCUT2D eigenvalue weighted by atomic mass is 9.97. The van der Waals surface area contributed by atoms with Crippen LogP contribution in [0.1, 0.15) is 133 Å². The van der Waals surface area contributed by atoms with Crippen LogP contribution in [0.3, 0.4) is 0 Å². The molecule has 2 aromatic carbocycles. The number of H-pyrrole nitrogens is 2. The third kappa shape index (κ3) is 8.08. The van der Waals surface area contributed by atoms with Gasteiger partial charge in [-0.15, -0.1) is 0 Å². The molecule has 6 N–H and O–H groups in total. The number of carbonyl (C=O) groups is 2. The fourth-order valence-corrected chi connectivity index (χ4v) is 7.44. The number of fused-ring (bicyclic) bond motifs is 8. The Balaban J connectivity index is 0.00000262. The minimum absolute atomic E-state index is 0.133. The van der Waals surface area contributed by atoms with Gasteiger partial charge in [0.2, 0.25) is 0 Å². The molecule has 5 aromatic rings. The second-order valence-electron chi connectivity index (χ2n) is 13.9. The lowest BCUT2D eigenvalue weighted by Crippen LogP contribution is -2.06. The summed E-state index contributed by atoms with van der Waals surface area (Å²) in [6.07, 6.45) is 8.61. The van der Waals surface area contributed by atoms with Crippen molar-refractivity contribution in [3.05, 3.63) is 118 Å². The number of aliphatic hydroxyl groups is 2. The van der Waals surface area contributed by atoms with E-state index in [4.69, 9.17) is 9.97 Å². The predicted octanol–water partition coefficient (Wildman–Crippen LogP) is 10.5. The van der Waals surface area contributed by atoms with Crippen LogP contribution in [0.15, 0.2) is 72.8 Å². The highest BCUT2D eigenvalue weighted by molar-refractivity contribution is 5.94. The Labute approximate surface area is 326 Å². The molecule has 3 aromatic heterocycles. The van der Waals surface area contributed by atoms with Crippen LogP contribution in [0.25, 0.3) is 56.5 Å². The molecule has 0 amide bonds. The lowest BCUT2D eigenvalue weighted by Gasteiger charge is -2.13. The molecular weight excluding hydrogens is 705 g/mol. The summed E-state index contributed by atoms with van der Waals surface area (Å²) in [5.74, 6) is -2.05. The quantitative estimate of drug-likeness (QED) is 0.0670. The number of aromatic nitrogens is 4. The van der Waals surface area contributed by atoms with Crippen LogP contribution < -0.4 is 0 Å². The summed E-state index contributed by atoms with van der Waals surface area (Å²) in [6, 6.07) is 21.1. The summed E-state index contributed by atoms with van der Waals surface area (Å²) in [5.41, 5.74) is 10.1. The van der Waals surface area contributed by atoms with Gasteiger partial charge in [0.25, 0.3) is 0 Å². The van der Waals surface area contributed by atoms with Gasteiger partial charge in [-0.25, -0.2) is 14.6 Å². The van der Waals surface area contributed by atoms with Gasteiger partial charge in [-0.1, -0.05) is 77.6 Å². The summed E-state index contributed by atoms with van der Waals surface area (Å²) in [6.45, 7) is 8.27. The number of nitrogens with zero attached hydrogens (tertiary/aromatic N) is 2. The molecule has 56 heavy (non-hydrogen) atoms. The van der Waals surface area contributed by atoms with Crippen molar-refractivity contribution >= 4 is 46.2 Å². The maximum absolute atomic E-state index is 11.8. The molecule has 0 radical (unpaired) electrons. The maximum atomic E-state index is 11.8. The SMILES string of the molecule is CC.CCCCCCc1c2nc(c(-c3ccc(C(=O)O)cc3)c3ccc([nH]3)c(CCCC)c3nc(c(-c4ccc(C(=O)O)cc4)c4ccc1[nH]4)[C@@H](O)[C@H]3O)C=C2. The molecule has 0 aliphatic carbocycles. The summed E-state index contributed by atoms with van der Waals surface area (Å²) < 4.78 is 0. The highest BCUT2D eigenvalue weighted by Gasteiger charge is 2.34. The summed E-state index contributed by atoms with van der Waals surface area (Å²) >= 11 is 0. The summed E-state index contributed by atoms with van der Waals surface area (Å²) in [4.78, 5) is 40.9. The number of aryl methyl sites for hydroxylation is 2. The largest absolute Gasteiger partial charge is 0.478 e. The Kier molecular flexibility index (Phi) is 12.6. The van der Waals surface area contributed by atoms with Gasteiger partial charge in [0.15, 0.2) is 0 Å². The zero-order chi connectivity index (χ0) is 39.9. The molecule has 0 fully saturated rings. The molecule has 10 nitrogen and oxygen atoms in total. The van der Waals surface area contributed by atoms with E-state index in [0.717, 1.165) is 95.1 Å². The van der Waals surface area contributed by atoms with Gasteiger partial charge in [-0.05, 0) is 103 Å². The van der Waals surface area contributed by atoms with Gasteiger partial charge in [0.05, 0.1) is 33.9 Å². The van der Waals surface area contributed by atoms with Gasteiger partial charge in [0, 0.05) is 38.8 Å². The number of aromatic amines is 2. The first kappa shape index (κ1) is 39.8. The number of benzene rings is 2. The highest BCUT2D eigenvalue weighted by Crippen LogP contribution is 2.42. The van der Waals surface area contributed by atoms with Gasteiger partial charge in [-0.3, -0.25) is 4.98 Å². The number of hydrogen-bond acceptors (Lipinski definition) is 6. The molecule has 2 aliphatic heterocycles. The van der Waals surface area contributed by atoms with Crippen molar-refractivity contribution in [1.29, 1.82) is 0 Å². The number of nitrogens with one attached hydrogen (secondary N) is 2. The predicted molar refractivity (Wildman–Crippen MR) is 222 cm³/mol. The zero-order valence-electron chi connectivity index (χ0n) is 32.4. The number of hydrogen-bond donors (Lipinski definition) is 6. The van der Waals surface area contributed by atoms with Crippen molar-refractivity contribution in [2.75, 3.05) is 0 Å². The monoisotopic (exact) mass is 754 g/mol. The van der Waals surface area contributed by atoms with E-state index in [1.54, 1.807) is 36.4 Å². The smallest absolute Gasteiger partial charge is 0.335 e. The van der Waals surface area contributed by atoms with Crippen LogP contribution >= 0.6 is 0 Å².